The highest BCUT2D eigenvalue weighted by Gasteiger charge is 2.24. The predicted molar refractivity (Wildman–Crippen MR) is 88.8 cm³/mol. The maximum Gasteiger partial charge on any atom is 0.410 e. The van der Waals surface area contributed by atoms with Crippen LogP contribution in [0.2, 0.25) is 5.02 Å². The minimum Gasteiger partial charge on any atom is -0.464 e. The summed E-state index contributed by atoms with van der Waals surface area (Å²) in [6.45, 7) is 6.42. The van der Waals surface area contributed by atoms with Crippen molar-refractivity contribution in [3.05, 3.63) is 28.6 Å². The molecule has 1 aromatic rings. The van der Waals surface area contributed by atoms with Gasteiger partial charge < -0.3 is 14.4 Å². The molecule has 2 rings (SSSR count). The van der Waals surface area contributed by atoms with Crippen molar-refractivity contribution in [1.82, 2.24) is 15.1 Å². The maximum atomic E-state index is 12.0. The first kappa shape index (κ1) is 18.2. The van der Waals surface area contributed by atoms with E-state index >= 15 is 0 Å². The molecule has 1 aliphatic rings. The van der Waals surface area contributed by atoms with Crippen molar-refractivity contribution in [2.24, 2.45) is 0 Å². The molecule has 130 valence electrons. The number of methoxy groups -OCH3 is 1. The number of rotatable bonds is 2. The van der Waals surface area contributed by atoms with Crippen LogP contribution in [0.3, 0.4) is 0 Å². The summed E-state index contributed by atoms with van der Waals surface area (Å²) in [7, 11) is 1.25. The molecule has 0 bridgehead atoms. The van der Waals surface area contributed by atoms with Crippen LogP contribution in [0.5, 0.6) is 0 Å². The average Bonchev–Trinajstić information content (AvgIpc) is 2.52. The van der Waals surface area contributed by atoms with E-state index in [1.54, 1.807) is 11.0 Å². The minimum absolute atomic E-state index is 0.0188. The Morgan fingerprint density at radius 3 is 2.50 bits per heavy atom. The van der Waals surface area contributed by atoms with Gasteiger partial charge >= 0.3 is 12.1 Å². The summed E-state index contributed by atoms with van der Waals surface area (Å²) < 4.78 is 9.93. The molecule has 0 fully saturated rings. The Hall–Kier alpha value is -2.15. The molecule has 0 N–H and O–H groups in total. The van der Waals surface area contributed by atoms with Crippen LogP contribution in [0.4, 0.5) is 4.79 Å². The smallest absolute Gasteiger partial charge is 0.410 e. The molecule has 1 aliphatic heterocycles. The Morgan fingerprint density at radius 1 is 1.29 bits per heavy atom. The molecule has 0 saturated carbocycles. The van der Waals surface area contributed by atoms with Crippen LogP contribution in [-0.4, -0.2) is 53.0 Å². The van der Waals surface area contributed by atoms with E-state index < -0.39 is 11.6 Å². The fourth-order valence-corrected chi connectivity index (χ4v) is 2.37. The molecule has 8 heteroatoms. The van der Waals surface area contributed by atoms with E-state index in [9.17, 15) is 9.59 Å². The van der Waals surface area contributed by atoms with Crippen molar-refractivity contribution in [1.29, 1.82) is 0 Å². The normalized spacial score (nSPS) is 14.9. The van der Waals surface area contributed by atoms with E-state index in [-0.39, 0.29) is 16.8 Å². The summed E-state index contributed by atoms with van der Waals surface area (Å²) in [4.78, 5) is 25.1. The van der Waals surface area contributed by atoms with E-state index in [0.29, 0.717) is 25.2 Å². The molecule has 0 aliphatic carbocycles. The largest absolute Gasteiger partial charge is 0.464 e. The third kappa shape index (κ3) is 4.44. The lowest BCUT2D eigenvalue weighted by Gasteiger charge is -2.29. The minimum atomic E-state index is -0.632. The number of esters is 1. The highest BCUT2D eigenvalue weighted by molar-refractivity contribution is 6.33. The summed E-state index contributed by atoms with van der Waals surface area (Å²) in [5, 5.41) is 8.03. The van der Waals surface area contributed by atoms with Crippen LogP contribution < -0.4 is 0 Å². The molecule has 1 aromatic heterocycles. The molecular formula is C16H20ClN3O4. The first-order valence-electron chi connectivity index (χ1n) is 7.50. The summed E-state index contributed by atoms with van der Waals surface area (Å²) in [6, 6.07) is 1.58. The van der Waals surface area contributed by atoms with Crippen LogP contribution in [0.25, 0.3) is 5.57 Å². The van der Waals surface area contributed by atoms with Crippen molar-refractivity contribution < 1.29 is 19.1 Å². The average molecular weight is 354 g/mol. The van der Waals surface area contributed by atoms with Gasteiger partial charge in [0.1, 0.15) is 5.60 Å². The molecule has 1 amide bonds. The molecule has 0 spiro atoms. The quantitative estimate of drug-likeness (QED) is 0.760. The maximum absolute atomic E-state index is 12.0. The second-order valence-electron chi connectivity index (χ2n) is 6.32. The van der Waals surface area contributed by atoms with Gasteiger partial charge in [-0.05, 0) is 38.8 Å². The first-order chi connectivity index (χ1) is 11.2. The van der Waals surface area contributed by atoms with Crippen LogP contribution in [0.1, 0.15) is 43.4 Å². The lowest BCUT2D eigenvalue weighted by Crippen LogP contribution is -2.39. The van der Waals surface area contributed by atoms with Gasteiger partial charge in [-0.25, -0.2) is 9.59 Å². The van der Waals surface area contributed by atoms with E-state index in [1.165, 1.54) is 7.11 Å². The molecule has 0 saturated heterocycles. The molecule has 0 radical (unpaired) electrons. The summed E-state index contributed by atoms with van der Waals surface area (Å²) in [5.41, 5.74) is 0.955. The van der Waals surface area contributed by atoms with Crippen LogP contribution in [0.15, 0.2) is 12.1 Å². The fourth-order valence-electron chi connectivity index (χ4n) is 2.15. The molecule has 0 unspecified atom stereocenters. The SMILES string of the molecule is COC(=O)c1nnc(C2=CCN(C(=O)OC(C)(C)C)CC2)cc1Cl. The number of nitrogens with zero attached hydrogens (tertiary/aromatic N) is 3. The number of carbonyl (C=O) groups excluding carboxylic acids is 2. The zero-order valence-corrected chi connectivity index (χ0v) is 14.9. The standard InChI is InChI=1S/C16H20ClN3O4/c1-16(2,3)24-15(22)20-7-5-10(6-8-20)12-9-11(17)13(19-18-12)14(21)23-4/h5,9H,6-8H2,1-4H3. The van der Waals surface area contributed by atoms with Crippen LogP contribution in [-0.2, 0) is 9.47 Å². The number of hydrogen-bond acceptors (Lipinski definition) is 6. The first-order valence-corrected chi connectivity index (χ1v) is 7.88. The monoisotopic (exact) mass is 353 g/mol. The van der Waals surface area contributed by atoms with E-state index in [0.717, 1.165) is 5.57 Å². The van der Waals surface area contributed by atoms with Crippen molar-refractivity contribution in [2.45, 2.75) is 32.8 Å². The number of carbonyl (C=O) groups is 2. The van der Waals surface area contributed by atoms with E-state index in [4.69, 9.17) is 16.3 Å². The predicted octanol–water partition coefficient (Wildman–Crippen LogP) is 2.94. The van der Waals surface area contributed by atoms with Crippen molar-refractivity contribution in [3.8, 4) is 0 Å². The van der Waals surface area contributed by atoms with Gasteiger partial charge in [-0.15, -0.1) is 10.2 Å². The van der Waals surface area contributed by atoms with Gasteiger partial charge in [0, 0.05) is 13.1 Å². The lowest BCUT2D eigenvalue weighted by molar-refractivity contribution is 0.0270. The van der Waals surface area contributed by atoms with Gasteiger partial charge in [0.2, 0.25) is 0 Å². The van der Waals surface area contributed by atoms with Gasteiger partial charge in [-0.2, -0.15) is 0 Å². The Bertz CT molecular complexity index is 682. The number of hydrogen-bond donors (Lipinski definition) is 0. The van der Waals surface area contributed by atoms with Gasteiger partial charge in [-0.1, -0.05) is 17.7 Å². The molecular weight excluding hydrogens is 334 g/mol. The van der Waals surface area contributed by atoms with Crippen molar-refractivity contribution in [3.63, 3.8) is 0 Å². The van der Waals surface area contributed by atoms with E-state index in [2.05, 4.69) is 14.9 Å². The van der Waals surface area contributed by atoms with Crippen LogP contribution in [0, 0.1) is 0 Å². The summed E-state index contributed by atoms with van der Waals surface area (Å²) in [5.74, 6) is -0.632. The molecule has 2 heterocycles. The highest BCUT2D eigenvalue weighted by atomic mass is 35.5. The molecule has 0 atom stereocenters. The van der Waals surface area contributed by atoms with Crippen molar-refractivity contribution in [2.75, 3.05) is 20.2 Å². The Kier molecular flexibility index (Phi) is 5.43. The molecule has 7 nitrogen and oxygen atoms in total. The number of halogens is 1. The Balaban J connectivity index is 2.09. The summed E-state index contributed by atoms with van der Waals surface area (Å²) >= 11 is 6.06. The number of amides is 1. The third-order valence-electron chi connectivity index (χ3n) is 3.32. The second-order valence-corrected chi connectivity index (χ2v) is 6.73. The van der Waals surface area contributed by atoms with Gasteiger partial charge in [0.15, 0.2) is 5.69 Å². The second kappa shape index (κ2) is 7.17. The van der Waals surface area contributed by atoms with Gasteiger partial charge in [0.05, 0.1) is 17.8 Å². The topological polar surface area (TPSA) is 81.6 Å². The molecule has 0 aromatic carbocycles. The van der Waals surface area contributed by atoms with E-state index in [1.807, 2.05) is 26.8 Å². The van der Waals surface area contributed by atoms with Crippen molar-refractivity contribution >= 4 is 29.2 Å². The lowest BCUT2D eigenvalue weighted by atomic mass is 10.0. The number of aromatic nitrogens is 2. The zero-order valence-electron chi connectivity index (χ0n) is 14.1. The highest BCUT2D eigenvalue weighted by Crippen LogP contribution is 2.24. The van der Waals surface area contributed by atoms with Gasteiger partial charge in [0.25, 0.3) is 0 Å². The number of ether oxygens (including phenoxy) is 2. The Labute approximate surface area is 145 Å². The fraction of sp³-hybridized carbons (Fsp3) is 0.500. The van der Waals surface area contributed by atoms with Crippen LogP contribution >= 0.6 is 11.6 Å². The third-order valence-corrected chi connectivity index (χ3v) is 3.60. The Morgan fingerprint density at radius 2 is 2.00 bits per heavy atom. The van der Waals surface area contributed by atoms with Gasteiger partial charge in [-0.3, -0.25) is 0 Å². The molecule has 24 heavy (non-hydrogen) atoms. The summed E-state index contributed by atoms with van der Waals surface area (Å²) in [6.07, 6.45) is 2.14. The zero-order chi connectivity index (χ0) is 17.9.